The first-order chi connectivity index (χ1) is 8.95. The number of hydrogen-bond acceptors (Lipinski definition) is 5. The largest absolute Gasteiger partial charge is 0.376 e. The van der Waals surface area contributed by atoms with Crippen LogP contribution in [0.4, 0.5) is 5.82 Å². The fraction of sp³-hybridized carbons (Fsp3) is 0.545. The van der Waals surface area contributed by atoms with Gasteiger partial charge in [-0.2, -0.15) is 4.31 Å². The molecule has 2 rings (SSSR count). The maximum Gasteiger partial charge on any atom is 0.244 e. The van der Waals surface area contributed by atoms with Gasteiger partial charge in [-0.1, -0.05) is 11.6 Å². The number of ether oxygens (including phenoxy) is 1. The van der Waals surface area contributed by atoms with Crippen molar-refractivity contribution in [3.05, 3.63) is 17.3 Å². The Bertz CT molecular complexity index is 564. The smallest absolute Gasteiger partial charge is 0.244 e. The Labute approximate surface area is 117 Å². The number of sulfonamides is 1. The van der Waals surface area contributed by atoms with E-state index in [4.69, 9.17) is 16.3 Å². The summed E-state index contributed by atoms with van der Waals surface area (Å²) in [5, 5.41) is 3.07. The van der Waals surface area contributed by atoms with E-state index < -0.39 is 10.0 Å². The number of morpholine rings is 1. The Hall–Kier alpha value is -0.890. The highest BCUT2D eigenvalue weighted by Crippen LogP contribution is 2.25. The summed E-state index contributed by atoms with van der Waals surface area (Å²) in [7, 11) is -1.89. The Morgan fingerprint density at radius 1 is 1.58 bits per heavy atom. The maximum atomic E-state index is 12.4. The second-order valence-corrected chi connectivity index (χ2v) is 6.64. The van der Waals surface area contributed by atoms with Crippen molar-refractivity contribution in [2.24, 2.45) is 0 Å². The van der Waals surface area contributed by atoms with E-state index in [2.05, 4.69) is 10.3 Å². The van der Waals surface area contributed by atoms with Crippen LogP contribution < -0.4 is 5.32 Å². The lowest BCUT2D eigenvalue weighted by molar-refractivity contribution is 0.0102. The Morgan fingerprint density at radius 3 is 2.89 bits per heavy atom. The number of anilines is 1. The molecule has 1 aromatic heterocycles. The summed E-state index contributed by atoms with van der Waals surface area (Å²) in [6.07, 6.45) is 1.20. The lowest BCUT2D eigenvalue weighted by Gasteiger charge is -2.30. The van der Waals surface area contributed by atoms with Gasteiger partial charge in [0.2, 0.25) is 10.0 Å². The van der Waals surface area contributed by atoms with Crippen molar-refractivity contribution >= 4 is 27.4 Å². The van der Waals surface area contributed by atoms with Crippen LogP contribution in [-0.2, 0) is 14.8 Å². The van der Waals surface area contributed by atoms with E-state index >= 15 is 0 Å². The van der Waals surface area contributed by atoms with Crippen molar-refractivity contribution in [1.29, 1.82) is 0 Å². The van der Waals surface area contributed by atoms with E-state index in [-0.39, 0.29) is 16.0 Å². The molecule has 1 unspecified atom stereocenters. The van der Waals surface area contributed by atoms with Gasteiger partial charge in [-0.05, 0) is 13.0 Å². The number of hydrogen-bond donors (Lipinski definition) is 1. The van der Waals surface area contributed by atoms with Gasteiger partial charge in [-0.15, -0.1) is 0 Å². The van der Waals surface area contributed by atoms with Crippen LogP contribution in [0.1, 0.15) is 6.92 Å². The third-order valence-corrected chi connectivity index (χ3v) is 5.01. The van der Waals surface area contributed by atoms with Gasteiger partial charge in [0.05, 0.1) is 17.7 Å². The van der Waals surface area contributed by atoms with E-state index in [9.17, 15) is 8.42 Å². The number of pyridine rings is 1. The zero-order valence-electron chi connectivity index (χ0n) is 10.8. The molecule has 1 aromatic rings. The molecule has 106 valence electrons. The minimum absolute atomic E-state index is 0.102. The van der Waals surface area contributed by atoms with Crippen LogP contribution in [0.25, 0.3) is 0 Å². The summed E-state index contributed by atoms with van der Waals surface area (Å²) in [5.41, 5.74) is 0. The molecule has 19 heavy (non-hydrogen) atoms. The third-order valence-electron chi connectivity index (χ3n) is 2.89. The van der Waals surface area contributed by atoms with Gasteiger partial charge in [-0.3, -0.25) is 0 Å². The molecule has 0 radical (unpaired) electrons. The van der Waals surface area contributed by atoms with Gasteiger partial charge in [0.1, 0.15) is 10.7 Å². The predicted molar refractivity (Wildman–Crippen MR) is 73.0 cm³/mol. The number of nitrogens with zero attached hydrogens (tertiary/aromatic N) is 2. The van der Waals surface area contributed by atoms with Gasteiger partial charge >= 0.3 is 0 Å². The molecular weight excluding hydrogens is 290 g/mol. The van der Waals surface area contributed by atoms with Crippen molar-refractivity contribution in [2.45, 2.75) is 17.9 Å². The number of rotatable bonds is 3. The summed E-state index contributed by atoms with van der Waals surface area (Å²) < 4.78 is 31.6. The second kappa shape index (κ2) is 5.62. The zero-order valence-corrected chi connectivity index (χ0v) is 12.3. The quantitative estimate of drug-likeness (QED) is 0.908. The first kappa shape index (κ1) is 14.5. The van der Waals surface area contributed by atoms with Gasteiger partial charge in [0.15, 0.2) is 0 Å². The molecular formula is C11H16ClN3O3S. The van der Waals surface area contributed by atoms with E-state index in [0.29, 0.717) is 25.5 Å². The van der Waals surface area contributed by atoms with Crippen molar-refractivity contribution in [1.82, 2.24) is 9.29 Å². The summed E-state index contributed by atoms with van der Waals surface area (Å²) in [4.78, 5) is 4.10. The van der Waals surface area contributed by atoms with Crippen molar-refractivity contribution in [2.75, 3.05) is 32.1 Å². The highest BCUT2D eigenvalue weighted by molar-refractivity contribution is 7.89. The van der Waals surface area contributed by atoms with Crippen molar-refractivity contribution in [3.8, 4) is 0 Å². The first-order valence-corrected chi connectivity index (χ1v) is 7.72. The fourth-order valence-corrected chi connectivity index (χ4v) is 3.70. The Kier molecular flexibility index (Phi) is 4.29. The van der Waals surface area contributed by atoms with Crippen LogP contribution in [0.3, 0.4) is 0 Å². The predicted octanol–water partition coefficient (Wildman–Crippen LogP) is 1.19. The van der Waals surface area contributed by atoms with E-state index in [1.165, 1.54) is 16.6 Å². The van der Waals surface area contributed by atoms with Crippen molar-refractivity contribution < 1.29 is 13.2 Å². The zero-order chi connectivity index (χ0) is 14.0. The van der Waals surface area contributed by atoms with Crippen LogP contribution in [0.2, 0.25) is 5.02 Å². The molecule has 0 aliphatic carbocycles. The van der Waals surface area contributed by atoms with Gasteiger partial charge in [0.25, 0.3) is 0 Å². The average Bonchev–Trinajstić information content (AvgIpc) is 2.38. The molecule has 1 fully saturated rings. The highest BCUT2D eigenvalue weighted by Gasteiger charge is 2.29. The van der Waals surface area contributed by atoms with Gasteiger partial charge < -0.3 is 10.1 Å². The molecule has 0 spiro atoms. The van der Waals surface area contributed by atoms with E-state index in [1.807, 2.05) is 6.92 Å². The highest BCUT2D eigenvalue weighted by atomic mass is 35.5. The number of nitrogens with one attached hydrogen (secondary N) is 1. The molecule has 0 amide bonds. The summed E-state index contributed by atoms with van der Waals surface area (Å²) in [5.74, 6) is 0.455. The molecule has 6 nitrogen and oxygen atoms in total. The lowest BCUT2D eigenvalue weighted by Crippen LogP contribution is -2.44. The Morgan fingerprint density at radius 2 is 2.32 bits per heavy atom. The van der Waals surface area contributed by atoms with Gasteiger partial charge in [0, 0.05) is 26.3 Å². The fourth-order valence-electron chi connectivity index (χ4n) is 1.90. The third kappa shape index (κ3) is 3.00. The minimum atomic E-state index is -3.56. The topological polar surface area (TPSA) is 71.5 Å². The van der Waals surface area contributed by atoms with Crippen LogP contribution in [0.15, 0.2) is 17.2 Å². The molecule has 2 heterocycles. The summed E-state index contributed by atoms with van der Waals surface area (Å²) >= 11 is 5.97. The molecule has 1 aliphatic heterocycles. The number of aromatic nitrogens is 1. The van der Waals surface area contributed by atoms with Crippen LogP contribution in [-0.4, -0.2) is 50.6 Å². The summed E-state index contributed by atoms with van der Waals surface area (Å²) in [6, 6.07) is 1.41. The minimum Gasteiger partial charge on any atom is -0.376 e. The molecule has 1 N–H and O–H groups in total. The molecule has 0 bridgehead atoms. The standard InChI is InChI=1S/C11H16ClN3O3S/c1-8-7-15(3-4-18-8)19(16,17)9-5-10(12)11(13-2)14-6-9/h5-6,8H,3-4,7H2,1-2H3,(H,13,14). The van der Waals surface area contributed by atoms with E-state index in [0.717, 1.165) is 0 Å². The second-order valence-electron chi connectivity index (χ2n) is 4.30. The van der Waals surface area contributed by atoms with Crippen LogP contribution in [0.5, 0.6) is 0 Å². The molecule has 1 saturated heterocycles. The Balaban J connectivity index is 2.31. The SMILES string of the molecule is CNc1ncc(S(=O)(=O)N2CCOC(C)C2)cc1Cl. The monoisotopic (exact) mass is 305 g/mol. The van der Waals surface area contributed by atoms with Gasteiger partial charge in [-0.25, -0.2) is 13.4 Å². The molecule has 0 saturated carbocycles. The number of halogens is 1. The van der Waals surface area contributed by atoms with Crippen LogP contribution >= 0.6 is 11.6 Å². The molecule has 1 atom stereocenters. The molecule has 8 heteroatoms. The van der Waals surface area contributed by atoms with E-state index in [1.54, 1.807) is 7.05 Å². The first-order valence-electron chi connectivity index (χ1n) is 5.90. The lowest BCUT2D eigenvalue weighted by atomic mass is 10.3. The molecule has 1 aliphatic rings. The van der Waals surface area contributed by atoms with Crippen molar-refractivity contribution in [3.63, 3.8) is 0 Å². The van der Waals surface area contributed by atoms with Crippen LogP contribution in [0, 0.1) is 0 Å². The average molecular weight is 306 g/mol. The maximum absolute atomic E-state index is 12.4. The molecule has 0 aromatic carbocycles. The normalized spacial score (nSPS) is 21.3. The summed E-state index contributed by atoms with van der Waals surface area (Å²) in [6.45, 7) is 2.93.